The highest BCUT2D eigenvalue weighted by atomic mass is 16.7. The standard InChI is InChI=1S/C18H23NO4/c1-10-6-11(2)13(12(3)7-10)14-15(20)18(19-16(14)21)8-22-17(4,5)23-9-18/h6-7,20H,8-9H2,1-5H3,(H,19,21). The van der Waals surface area contributed by atoms with E-state index in [1.54, 1.807) is 0 Å². The first kappa shape index (κ1) is 16.0. The SMILES string of the molecule is Cc1cc(C)c(C2=C(O)C3(COC(C)(C)OC3)NC2=O)c(C)c1. The van der Waals surface area contributed by atoms with Crippen molar-refractivity contribution in [1.82, 2.24) is 5.32 Å². The van der Waals surface area contributed by atoms with Crippen LogP contribution >= 0.6 is 0 Å². The Hall–Kier alpha value is -1.85. The molecule has 0 radical (unpaired) electrons. The molecule has 0 atom stereocenters. The number of nitrogens with one attached hydrogen (secondary N) is 1. The van der Waals surface area contributed by atoms with Gasteiger partial charge in [-0.3, -0.25) is 4.79 Å². The molecule has 1 saturated heterocycles. The molecule has 0 saturated carbocycles. The zero-order valence-electron chi connectivity index (χ0n) is 14.2. The van der Waals surface area contributed by atoms with Crippen LogP contribution in [0.5, 0.6) is 0 Å². The highest BCUT2D eigenvalue weighted by Gasteiger charge is 2.51. The van der Waals surface area contributed by atoms with Crippen molar-refractivity contribution in [3.8, 4) is 0 Å². The maximum Gasteiger partial charge on any atom is 0.256 e. The predicted octanol–water partition coefficient (Wildman–Crippen LogP) is 2.53. The van der Waals surface area contributed by atoms with E-state index in [-0.39, 0.29) is 24.9 Å². The fourth-order valence-electron chi connectivity index (χ4n) is 3.38. The Labute approximate surface area is 136 Å². The zero-order chi connectivity index (χ0) is 17.0. The summed E-state index contributed by atoms with van der Waals surface area (Å²) >= 11 is 0. The number of ether oxygens (including phenoxy) is 2. The molecule has 3 rings (SSSR count). The third-order valence-corrected chi connectivity index (χ3v) is 4.53. The third-order valence-electron chi connectivity index (χ3n) is 4.53. The molecule has 0 aliphatic carbocycles. The minimum absolute atomic E-state index is 0.00746. The van der Waals surface area contributed by atoms with Gasteiger partial charge in [0.2, 0.25) is 0 Å². The number of rotatable bonds is 1. The van der Waals surface area contributed by atoms with Gasteiger partial charge in [-0.1, -0.05) is 17.7 Å². The van der Waals surface area contributed by atoms with E-state index in [1.807, 2.05) is 46.8 Å². The Bertz CT molecular complexity index is 685. The first-order valence-corrected chi connectivity index (χ1v) is 7.78. The maximum absolute atomic E-state index is 12.6. The van der Waals surface area contributed by atoms with E-state index in [9.17, 15) is 9.90 Å². The van der Waals surface area contributed by atoms with Crippen molar-refractivity contribution in [2.24, 2.45) is 0 Å². The molecule has 5 nitrogen and oxygen atoms in total. The van der Waals surface area contributed by atoms with E-state index < -0.39 is 11.3 Å². The van der Waals surface area contributed by atoms with Gasteiger partial charge in [0.1, 0.15) is 11.3 Å². The third kappa shape index (κ3) is 2.54. The second-order valence-electron chi connectivity index (χ2n) is 7.01. The Morgan fingerprint density at radius 1 is 1.09 bits per heavy atom. The maximum atomic E-state index is 12.6. The van der Waals surface area contributed by atoms with Gasteiger partial charge in [0, 0.05) is 0 Å². The van der Waals surface area contributed by atoms with Crippen molar-refractivity contribution in [2.45, 2.75) is 45.9 Å². The summed E-state index contributed by atoms with van der Waals surface area (Å²) in [5.74, 6) is -0.994. The lowest BCUT2D eigenvalue weighted by atomic mass is 9.90. The van der Waals surface area contributed by atoms with Crippen molar-refractivity contribution in [1.29, 1.82) is 0 Å². The number of aliphatic hydroxyl groups is 1. The molecule has 0 bridgehead atoms. The van der Waals surface area contributed by atoms with Crippen LogP contribution in [0.2, 0.25) is 0 Å². The van der Waals surface area contributed by atoms with Gasteiger partial charge in [0.25, 0.3) is 5.91 Å². The lowest BCUT2D eigenvalue weighted by Gasteiger charge is -2.41. The molecule has 2 heterocycles. The molecule has 0 aromatic heterocycles. The quantitative estimate of drug-likeness (QED) is 0.835. The van der Waals surface area contributed by atoms with Crippen LogP contribution in [0, 0.1) is 20.8 Å². The van der Waals surface area contributed by atoms with E-state index in [4.69, 9.17) is 9.47 Å². The van der Waals surface area contributed by atoms with Gasteiger partial charge in [0.05, 0.1) is 18.8 Å². The molecule has 2 aliphatic rings. The Kier molecular flexibility index (Phi) is 3.54. The van der Waals surface area contributed by atoms with Gasteiger partial charge >= 0.3 is 0 Å². The molecule has 124 valence electrons. The summed E-state index contributed by atoms with van der Waals surface area (Å²) in [6, 6.07) is 4.02. The highest BCUT2D eigenvalue weighted by Crippen LogP contribution is 2.38. The van der Waals surface area contributed by atoms with E-state index in [0.29, 0.717) is 5.57 Å². The average Bonchev–Trinajstić information content (AvgIpc) is 2.66. The van der Waals surface area contributed by atoms with Crippen LogP contribution in [0.25, 0.3) is 5.57 Å². The molecular formula is C18H23NO4. The Balaban J connectivity index is 2.08. The molecular weight excluding hydrogens is 294 g/mol. The van der Waals surface area contributed by atoms with Crippen molar-refractivity contribution in [2.75, 3.05) is 13.2 Å². The average molecular weight is 317 g/mol. The number of amides is 1. The monoisotopic (exact) mass is 317 g/mol. The molecule has 1 spiro atoms. The van der Waals surface area contributed by atoms with Gasteiger partial charge in [-0.25, -0.2) is 0 Å². The molecule has 0 unspecified atom stereocenters. The van der Waals surface area contributed by atoms with Crippen molar-refractivity contribution >= 4 is 11.5 Å². The summed E-state index contributed by atoms with van der Waals surface area (Å²) in [4.78, 5) is 12.6. The minimum atomic E-state index is -0.994. The topological polar surface area (TPSA) is 67.8 Å². The Morgan fingerprint density at radius 2 is 1.61 bits per heavy atom. The summed E-state index contributed by atoms with van der Waals surface area (Å²) in [6.45, 7) is 9.91. The van der Waals surface area contributed by atoms with Crippen LogP contribution in [-0.4, -0.2) is 35.6 Å². The molecule has 23 heavy (non-hydrogen) atoms. The van der Waals surface area contributed by atoms with E-state index >= 15 is 0 Å². The van der Waals surface area contributed by atoms with Gasteiger partial charge in [0.15, 0.2) is 5.79 Å². The van der Waals surface area contributed by atoms with Gasteiger partial charge in [-0.15, -0.1) is 0 Å². The molecule has 1 aromatic carbocycles. The van der Waals surface area contributed by atoms with Gasteiger partial charge < -0.3 is 19.9 Å². The smallest absolute Gasteiger partial charge is 0.256 e. The first-order valence-electron chi connectivity index (χ1n) is 7.78. The number of carbonyl (C=O) groups excluding carboxylic acids is 1. The predicted molar refractivity (Wildman–Crippen MR) is 87.1 cm³/mol. The first-order chi connectivity index (χ1) is 10.7. The van der Waals surface area contributed by atoms with E-state index in [1.165, 1.54) is 0 Å². The van der Waals surface area contributed by atoms with Gasteiger partial charge in [-0.2, -0.15) is 0 Å². The molecule has 1 fully saturated rings. The summed E-state index contributed by atoms with van der Waals surface area (Å²) in [5, 5.41) is 13.7. The van der Waals surface area contributed by atoms with Crippen LogP contribution in [0.15, 0.2) is 17.9 Å². The molecule has 1 aromatic rings. The fraction of sp³-hybridized carbons (Fsp3) is 0.500. The highest BCUT2D eigenvalue weighted by molar-refractivity contribution is 6.24. The van der Waals surface area contributed by atoms with Crippen LogP contribution in [-0.2, 0) is 14.3 Å². The molecule has 5 heteroatoms. The van der Waals surface area contributed by atoms with Crippen molar-refractivity contribution < 1.29 is 19.4 Å². The second-order valence-corrected chi connectivity index (χ2v) is 7.01. The summed E-state index contributed by atoms with van der Waals surface area (Å²) in [5.41, 5.74) is 3.18. The second kappa shape index (κ2) is 5.08. The number of aliphatic hydroxyl groups excluding tert-OH is 1. The lowest BCUT2D eigenvalue weighted by Crippen LogP contribution is -2.59. The number of aryl methyl sites for hydroxylation is 3. The van der Waals surface area contributed by atoms with E-state index in [0.717, 1.165) is 22.3 Å². The fourth-order valence-corrected chi connectivity index (χ4v) is 3.38. The zero-order valence-corrected chi connectivity index (χ0v) is 14.2. The van der Waals surface area contributed by atoms with Crippen LogP contribution in [0.1, 0.15) is 36.1 Å². The molecule has 2 aliphatic heterocycles. The summed E-state index contributed by atoms with van der Waals surface area (Å²) in [6.07, 6.45) is 0. The largest absolute Gasteiger partial charge is 0.509 e. The van der Waals surface area contributed by atoms with Crippen LogP contribution < -0.4 is 5.32 Å². The number of hydrogen-bond donors (Lipinski definition) is 2. The summed E-state index contributed by atoms with van der Waals surface area (Å²) < 4.78 is 11.3. The summed E-state index contributed by atoms with van der Waals surface area (Å²) in [7, 11) is 0. The lowest BCUT2D eigenvalue weighted by molar-refractivity contribution is -0.267. The molecule has 2 N–H and O–H groups in total. The van der Waals surface area contributed by atoms with Crippen LogP contribution in [0.4, 0.5) is 0 Å². The normalized spacial score (nSPS) is 22.6. The van der Waals surface area contributed by atoms with Crippen molar-refractivity contribution in [3.05, 3.63) is 40.1 Å². The number of carbonyl (C=O) groups is 1. The van der Waals surface area contributed by atoms with Gasteiger partial charge in [-0.05, 0) is 51.3 Å². The minimum Gasteiger partial charge on any atom is -0.509 e. The van der Waals surface area contributed by atoms with E-state index in [2.05, 4.69) is 5.32 Å². The Morgan fingerprint density at radius 3 is 2.13 bits per heavy atom. The van der Waals surface area contributed by atoms with Crippen LogP contribution in [0.3, 0.4) is 0 Å². The van der Waals surface area contributed by atoms with Crippen molar-refractivity contribution in [3.63, 3.8) is 0 Å². The molecule has 1 amide bonds. The number of hydrogen-bond acceptors (Lipinski definition) is 4. The number of benzene rings is 1.